The summed E-state index contributed by atoms with van der Waals surface area (Å²) in [6, 6.07) is 7.61. The maximum Gasteiger partial charge on any atom is 0.124 e. The Labute approximate surface area is 116 Å². The molecule has 1 unspecified atom stereocenters. The summed E-state index contributed by atoms with van der Waals surface area (Å²) in [5, 5.41) is 4.90. The molecule has 1 heterocycles. The van der Waals surface area contributed by atoms with Crippen molar-refractivity contribution >= 4 is 22.9 Å². The van der Waals surface area contributed by atoms with Crippen molar-refractivity contribution in [2.24, 2.45) is 5.73 Å². The van der Waals surface area contributed by atoms with E-state index < -0.39 is 0 Å². The second kappa shape index (κ2) is 6.23. The average Bonchev–Trinajstić information content (AvgIpc) is 2.84. The molecule has 1 aromatic carbocycles. The van der Waals surface area contributed by atoms with Gasteiger partial charge in [0, 0.05) is 23.0 Å². The van der Waals surface area contributed by atoms with Crippen molar-refractivity contribution in [3.8, 4) is 5.75 Å². The third-order valence-corrected chi connectivity index (χ3v) is 3.66. The molecule has 0 radical (unpaired) electrons. The normalized spacial score (nSPS) is 12.4. The Balaban J connectivity index is 2.00. The van der Waals surface area contributed by atoms with Crippen molar-refractivity contribution in [3.05, 3.63) is 51.2 Å². The number of nitrogens with two attached hydrogens (primary N) is 1. The Morgan fingerprint density at radius 2 is 2.22 bits per heavy atom. The number of benzene rings is 1. The molecule has 0 amide bonds. The number of hydrogen-bond donors (Lipinski definition) is 1. The van der Waals surface area contributed by atoms with Crippen molar-refractivity contribution in [2.45, 2.75) is 19.4 Å². The molecule has 0 fully saturated rings. The van der Waals surface area contributed by atoms with Gasteiger partial charge in [-0.2, -0.15) is 11.3 Å². The Morgan fingerprint density at radius 3 is 2.89 bits per heavy atom. The van der Waals surface area contributed by atoms with Crippen LogP contribution in [0.3, 0.4) is 0 Å². The van der Waals surface area contributed by atoms with E-state index in [1.807, 2.05) is 25.1 Å². The lowest BCUT2D eigenvalue weighted by molar-refractivity contribution is 0.317. The zero-order chi connectivity index (χ0) is 13.0. The summed E-state index contributed by atoms with van der Waals surface area (Å²) in [6.07, 6.45) is 0.907. The number of hydrogen-bond acceptors (Lipinski definition) is 3. The van der Waals surface area contributed by atoms with Crippen molar-refractivity contribution in [1.29, 1.82) is 0 Å². The highest BCUT2D eigenvalue weighted by Crippen LogP contribution is 2.27. The van der Waals surface area contributed by atoms with Gasteiger partial charge in [-0.05, 0) is 47.5 Å². The second-order valence-corrected chi connectivity index (χ2v) is 5.42. The van der Waals surface area contributed by atoms with E-state index in [1.54, 1.807) is 11.3 Å². The van der Waals surface area contributed by atoms with Gasteiger partial charge in [-0.15, -0.1) is 0 Å². The Bertz CT molecular complexity index is 497. The molecule has 2 aromatic rings. The first-order valence-electron chi connectivity index (χ1n) is 5.85. The van der Waals surface area contributed by atoms with Gasteiger partial charge >= 0.3 is 0 Å². The molecule has 2 nitrogen and oxygen atoms in total. The van der Waals surface area contributed by atoms with Crippen LogP contribution in [0.4, 0.5) is 0 Å². The topological polar surface area (TPSA) is 35.2 Å². The molecular formula is C14H16ClNOS. The zero-order valence-corrected chi connectivity index (χ0v) is 11.8. The summed E-state index contributed by atoms with van der Waals surface area (Å²) in [4.78, 5) is 0. The van der Waals surface area contributed by atoms with E-state index in [0.717, 1.165) is 17.7 Å². The van der Waals surface area contributed by atoms with Crippen LogP contribution in [0.1, 0.15) is 24.1 Å². The molecule has 1 atom stereocenters. The SMILES string of the molecule is CC(N)c1cc(Cl)ccc1OCCc1ccsc1. The molecule has 0 aliphatic heterocycles. The average molecular weight is 282 g/mol. The lowest BCUT2D eigenvalue weighted by Gasteiger charge is -2.14. The molecule has 18 heavy (non-hydrogen) atoms. The maximum atomic E-state index is 5.97. The van der Waals surface area contributed by atoms with Gasteiger partial charge in [-0.1, -0.05) is 11.6 Å². The van der Waals surface area contributed by atoms with Crippen LogP contribution in [0, 0.1) is 0 Å². The highest BCUT2D eigenvalue weighted by Gasteiger charge is 2.09. The minimum Gasteiger partial charge on any atom is -0.493 e. The molecule has 0 saturated heterocycles. The molecule has 2 rings (SSSR count). The molecule has 0 aliphatic carbocycles. The first kappa shape index (κ1) is 13.4. The predicted molar refractivity (Wildman–Crippen MR) is 77.6 cm³/mol. The smallest absolute Gasteiger partial charge is 0.124 e. The summed E-state index contributed by atoms with van der Waals surface area (Å²) in [5.41, 5.74) is 8.17. The minimum atomic E-state index is -0.0835. The van der Waals surface area contributed by atoms with Gasteiger partial charge in [0.05, 0.1) is 6.61 Å². The van der Waals surface area contributed by atoms with E-state index >= 15 is 0 Å². The van der Waals surface area contributed by atoms with Crippen LogP contribution in [0.2, 0.25) is 5.02 Å². The lowest BCUT2D eigenvalue weighted by atomic mass is 10.1. The summed E-state index contributed by atoms with van der Waals surface area (Å²) in [6.45, 7) is 2.58. The van der Waals surface area contributed by atoms with Crippen LogP contribution < -0.4 is 10.5 Å². The van der Waals surface area contributed by atoms with Crippen LogP contribution >= 0.6 is 22.9 Å². The molecule has 96 valence electrons. The molecule has 4 heteroatoms. The summed E-state index contributed by atoms with van der Waals surface area (Å²) in [5.74, 6) is 0.824. The van der Waals surface area contributed by atoms with E-state index in [-0.39, 0.29) is 6.04 Å². The van der Waals surface area contributed by atoms with Gasteiger partial charge in [-0.25, -0.2) is 0 Å². The van der Waals surface area contributed by atoms with Gasteiger partial charge in [0.1, 0.15) is 5.75 Å². The minimum absolute atomic E-state index is 0.0835. The van der Waals surface area contributed by atoms with E-state index in [4.69, 9.17) is 22.1 Å². The van der Waals surface area contributed by atoms with Gasteiger partial charge in [0.25, 0.3) is 0 Å². The van der Waals surface area contributed by atoms with Crippen LogP contribution in [-0.4, -0.2) is 6.61 Å². The quantitative estimate of drug-likeness (QED) is 0.898. The van der Waals surface area contributed by atoms with Crippen LogP contribution in [0.5, 0.6) is 5.75 Å². The number of rotatable bonds is 5. The molecular weight excluding hydrogens is 266 g/mol. The molecule has 0 spiro atoms. The fourth-order valence-electron chi connectivity index (χ4n) is 1.72. The van der Waals surface area contributed by atoms with E-state index in [1.165, 1.54) is 5.56 Å². The first-order chi connectivity index (χ1) is 8.66. The van der Waals surface area contributed by atoms with Crippen molar-refractivity contribution in [3.63, 3.8) is 0 Å². The molecule has 1 aromatic heterocycles. The lowest BCUT2D eigenvalue weighted by Crippen LogP contribution is -2.09. The number of thiophene rings is 1. The molecule has 2 N–H and O–H groups in total. The summed E-state index contributed by atoms with van der Waals surface area (Å²) >= 11 is 7.67. The monoisotopic (exact) mass is 281 g/mol. The van der Waals surface area contributed by atoms with Gasteiger partial charge in [0.2, 0.25) is 0 Å². The van der Waals surface area contributed by atoms with Crippen LogP contribution in [-0.2, 0) is 6.42 Å². The van der Waals surface area contributed by atoms with Crippen molar-refractivity contribution in [2.75, 3.05) is 6.61 Å². The largest absolute Gasteiger partial charge is 0.493 e. The Kier molecular flexibility index (Phi) is 4.64. The molecule has 0 aliphatic rings. The first-order valence-corrected chi connectivity index (χ1v) is 7.18. The maximum absolute atomic E-state index is 5.97. The molecule has 0 saturated carbocycles. The van der Waals surface area contributed by atoms with Gasteiger partial charge < -0.3 is 10.5 Å². The zero-order valence-electron chi connectivity index (χ0n) is 10.2. The molecule has 0 bridgehead atoms. The Hall–Kier alpha value is -1.03. The van der Waals surface area contributed by atoms with Crippen molar-refractivity contribution < 1.29 is 4.74 Å². The highest BCUT2D eigenvalue weighted by atomic mass is 35.5. The standard InChI is InChI=1S/C14H16ClNOS/c1-10(16)13-8-12(15)2-3-14(13)17-6-4-11-5-7-18-9-11/h2-3,5,7-10H,4,6,16H2,1H3. The van der Waals surface area contributed by atoms with E-state index in [9.17, 15) is 0 Å². The third kappa shape index (κ3) is 3.48. The Morgan fingerprint density at radius 1 is 1.39 bits per heavy atom. The summed E-state index contributed by atoms with van der Waals surface area (Å²) < 4.78 is 5.79. The van der Waals surface area contributed by atoms with Crippen LogP contribution in [0.25, 0.3) is 0 Å². The fraction of sp³-hybridized carbons (Fsp3) is 0.286. The fourth-order valence-corrected chi connectivity index (χ4v) is 2.60. The number of ether oxygens (including phenoxy) is 1. The van der Waals surface area contributed by atoms with E-state index in [0.29, 0.717) is 11.6 Å². The summed E-state index contributed by atoms with van der Waals surface area (Å²) in [7, 11) is 0. The highest BCUT2D eigenvalue weighted by molar-refractivity contribution is 7.07. The van der Waals surface area contributed by atoms with Gasteiger partial charge in [-0.3, -0.25) is 0 Å². The van der Waals surface area contributed by atoms with E-state index in [2.05, 4.69) is 16.8 Å². The predicted octanol–water partition coefficient (Wildman–Crippen LogP) is 4.04. The third-order valence-electron chi connectivity index (χ3n) is 2.69. The second-order valence-electron chi connectivity index (χ2n) is 4.20. The van der Waals surface area contributed by atoms with Gasteiger partial charge in [0.15, 0.2) is 0 Å². The van der Waals surface area contributed by atoms with Crippen LogP contribution in [0.15, 0.2) is 35.0 Å². The van der Waals surface area contributed by atoms with Crippen molar-refractivity contribution in [1.82, 2.24) is 0 Å². The number of halogens is 1.